The number of anilines is 1. The van der Waals surface area contributed by atoms with Crippen molar-refractivity contribution >= 4 is 44.3 Å². The van der Waals surface area contributed by atoms with Gasteiger partial charge in [0.2, 0.25) is 0 Å². The van der Waals surface area contributed by atoms with Gasteiger partial charge in [0.1, 0.15) is 5.82 Å². The first-order valence-electron chi connectivity index (χ1n) is 6.45. The first-order chi connectivity index (χ1) is 9.43. The molecule has 0 amide bonds. The molecule has 20 heavy (non-hydrogen) atoms. The number of aryl methyl sites for hydroxylation is 1. The van der Waals surface area contributed by atoms with E-state index >= 15 is 0 Å². The van der Waals surface area contributed by atoms with E-state index in [1.807, 2.05) is 19.2 Å². The minimum absolute atomic E-state index is 0.368. The second-order valence-corrected chi connectivity index (χ2v) is 6.90. The molecular formula is C15H17BrIN3. The molecule has 1 heterocycles. The molecule has 0 fully saturated rings. The quantitative estimate of drug-likeness (QED) is 0.676. The number of nitrogens with zero attached hydrogens (tertiary/aromatic N) is 2. The monoisotopic (exact) mass is 445 g/mol. The molecule has 0 bridgehead atoms. The zero-order valence-corrected chi connectivity index (χ0v) is 15.7. The number of hydrogen-bond donors (Lipinski definition) is 1. The van der Waals surface area contributed by atoms with E-state index in [0.29, 0.717) is 5.92 Å². The number of aromatic nitrogens is 2. The molecule has 0 saturated carbocycles. The van der Waals surface area contributed by atoms with Crippen LogP contribution in [0.1, 0.15) is 31.0 Å². The maximum Gasteiger partial charge on any atom is 0.161 e. The van der Waals surface area contributed by atoms with Gasteiger partial charge in [-0.05, 0) is 53.1 Å². The van der Waals surface area contributed by atoms with Crippen molar-refractivity contribution in [3.63, 3.8) is 0 Å². The first-order valence-corrected chi connectivity index (χ1v) is 8.33. The Labute approximate surface area is 141 Å². The van der Waals surface area contributed by atoms with Gasteiger partial charge in [-0.3, -0.25) is 0 Å². The van der Waals surface area contributed by atoms with Gasteiger partial charge in [-0.1, -0.05) is 35.8 Å². The molecule has 0 aliphatic carbocycles. The Morgan fingerprint density at radius 3 is 2.50 bits per heavy atom. The van der Waals surface area contributed by atoms with Crippen LogP contribution in [0.25, 0.3) is 11.4 Å². The molecule has 0 atom stereocenters. The summed E-state index contributed by atoms with van der Waals surface area (Å²) in [4.78, 5) is 9.38. The zero-order valence-electron chi connectivity index (χ0n) is 12.0. The van der Waals surface area contributed by atoms with Crippen molar-refractivity contribution in [3.05, 3.63) is 37.5 Å². The molecule has 0 aliphatic heterocycles. The van der Waals surface area contributed by atoms with Crippen LogP contribution in [0.15, 0.2) is 22.7 Å². The normalized spacial score (nSPS) is 10.9. The third-order valence-electron chi connectivity index (χ3n) is 3.08. The molecule has 2 aromatic rings. The summed E-state index contributed by atoms with van der Waals surface area (Å²) >= 11 is 5.83. The van der Waals surface area contributed by atoms with Crippen molar-refractivity contribution in [2.45, 2.75) is 26.7 Å². The Morgan fingerprint density at radius 2 is 1.95 bits per heavy atom. The van der Waals surface area contributed by atoms with E-state index in [0.717, 1.165) is 30.9 Å². The molecule has 0 aliphatic rings. The molecule has 1 aromatic heterocycles. The molecule has 0 saturated heterocycles. The smallest absolute Gasteiger partial charge is 0.161 e. The maximum atomic E-state index is 4.75. The van der Waals surface area contributed by atoms with E-state index in [9.17, 15) is 0 Å². The summed E-state index contributed by atoms with van der Waals surface area (Å²) in [6, 6.07) is 6.19. The summed E-state index contributed by atoms with van der Waals surface area (Å²) < 4.78 is 2.20. The minimum atomic E-state index is 0.368. The van der Waals surface area contributed by atoms with Gasteiger partial charge in [0.25, 0.3) is 0 Å². The second-order valence-electron chi connectivity index (χ2n) is 4.96. The molecule has 106 valence electrons. The SMILES string of the molecule is CNc1nc(-c2ccc(Br)c(C)c2)nc(C(C)C)c1I. The van der Waals surface area contributed by atoms with Crippen LogP contribution in [0.4, 0.5) is 5.82 Å². The lowest BCUT2D eigenvalue weighted by Crippen LogP contribution is -2.06. The molecule has 0 radical (unpaired) electrons. The van der Waals surface area contributed by atoms with E-state index in [2.05, 4.69) is 75.7 Å². The number of rotatable bonds is 3. The number of benzene rings is 1. The van der Waals surface area contributed by atoms with Gasteiger partial charge >= 0.3 is 0 Å². The summed E-state index contributed by atoms with van der Waals surface area (Å²) in [5.41, 5.74) is 3.31. The highest BCUT2D eigenvalue weighted by atomic mass is 127. The van der Waals surface area contributed by atoms with E-state index < -0.39 is 0 Å². The molecule has 0 unspecified atom stereocenters. The summed E-state index contributed by atoms with van der Waals surface area (Å²) in [7, 11) is 1.89. The van der Waals surface area contributed by atoms with E-state index in [-0.39, 0.29) is 0 Å². The van der Waals surface area contributed by atoms with Crippen LogP contribution in [0.3, 0.4) is 0 Å². The Kier molecular flexibility index (Phi) is 5.01. The first kappa shape index (κ1) is 15.7. The summed E-state index contributed by atoms with van der Waals surface area (Å²) in [5.74, 6) is 2.03. The Morgan fingerprint density at radius 1 is 1.25 bits per heavy atom. The average Bonchev–Trinajstić information content (AvgIpc) is 2.42. The van der Waals surface area contributed by atoms with Crippen LogP contribution in [0.2, 0.25) is 0 Å². The van der Waals surface area contributed by atoms with Gasteiger partial charge in [-0.2, -0.15) is 0 Å². The third-order valence-corrected chi connectivity index (χ3v) is 5.03. The van der Waals surface area contributed by atoms with E-state index in [1.165, 1.54) is 5.56 Å². The lowest BCUT2D eigenvalue weighted by atomic mass is 10.1. The number of nitrogens with one attached hydrogen (secondary N) is 1. The van der Waals surface area contributed by atoms with Crippen LogP contribution in [0, 0.1) is 10.5 Å². The molecule has 1 aromatic carbocycles. The highest BCUT2D eigenvalue weighted by Crippen LogP contribution is 2.29. The fourth-order valence-electron chi connectivity index (χ4n) is 1.93. The van der Waals surface area contributed by atoms with Crippen molar-refractivity contribution in [2.24, 2.45) is 0 Å². The van der Waals surface area contributed by atoms with Crippen LogP contribution in [-0.2, 0) is 0 Å². The predicted octanol–water partition coefficient (Wildman–Crippen LogP) is 4.98. The topological polar surface area (TPSA) is 37.8 Å². The highest BCUT2D eigenvalue weighted by molar-refractivity contribution is 14.1. The summed E-state index contributed by atoms with van der Waals surface area (Å²) in [6.07, 6.45) is 0. The standard InChI is InChI=1S/C15H17BrIN3/c1-8(2)13-12(17)15(18-4)20-14(19-13)10-5-6-11(16)9(3)7-10/h5-8H,1-4H3,(H,18,19,20). The molecular weight excluding hydrogens is 429 g/mol. The molecule has 0 spiro atoms. The molecule has 5 heteroatoms. The molecule has 3 nitrogen and oxygen atoms in total. The predicted molar refractivity (Wildman–Crippen MR) is 96.3 cm³/mol. The van der Waals surface area contributed by atoms with E-state index in [1.54, 1.807) is 0 Å². The third kappa shape index (κ3) is 3.14. The molecule has 1 N–H and O–H groups in total. The highest BCUT2D eigenvalue weighted by Gasteiger charge is 2.15. The van der Waals surface area contributed by atoms with Gasteiger partial charge in [0.05, 0.1) is 9.26 Å². The maximum absolute atomic E-state index is 4.75. The van der Waals surface area contributed by atoms with Crippen LogP contribution < -0.4 is 5.32 Å². The van der Waals surface area contributed by atoms with Crippen molar-refractivity contribution in [3.8, 4) is 11.4 Å². The van der Waals surface area contributed by atoms with Crippen LogP contribution in [-0.4, -0.2) is 17.0 Å². The minimum Gasteiger partial charge on any atom is -0.372 e. The molecule has 2 rings (SSSR count). The van der Waals surface area contributed by atoms with Crippen molar-refractivity contribution < 1.29 is 0 Å². The van der Waals surface area contributed by atoms with Crippen molar-refractivity contribution in [2.75, 3.05) is 12.4 Å². The lowest BCUT2D eigenvalue weighted by Gasteiger charge is -2.14. The van der Waals surface area contributed by atoms with E-state index in [4.69, 9.17) is 4.98 Å². The largest absolute Gasteiger partial charge is 0.372 e. The Hall–Kier alpha value is -0.690. The van der Waals surface area contributed by atoms with Crippen LogP contribution >= 0.6 is 38.5 Å². The van der Waals surface area contributed by atoms with Crippen LogP contribution in [0.5, 0.6) is 0 Å². The van der Waals surface area contributed by atoms with Gasteiger partial charge in [-0.25, -0.2) is 9.97 Å². The second kappa shape index (κ2) is 6.39. The zero-order chi connectivity index (χ0) is 14.9. The Bertz CT molecular complexity index is 641. The van der Waals surface area contributed by atoms with Crippen molar-refractivity contribution in [1.82, 2.24) is 9.97 Å². The van der Waals surface area contributed by atoms with Gasteiger partial charge < -0.3 is 5.32 Å². The summed E-state index contributed by atoms with van der Waals surface area (Å²) in [6.45, 7) is 6.38. The Balaban J connectivity index is 2.61. The number of halogens is 2. The average molecular weight is 446 g/mol. The van der Waals surface area contributed by atoms with Crippen molar-refractivity contribution in [1.29, 1.82) is 0 Å². The van der Waals surface area contributed by atoms with Gasteiger partial charge in [0.15, 0.2) is 5.82 Å². The van der Waals surface area contributed by atoms with Gasteiger partial charge in [0, 0.05) is 17.1 Å². The fraction of sp³-hybridized carbons (Fsp3) is 0.333. The fourth-order valence-corrected chi connectivity index (χ4v) is 3.31. The number of hydrogen-bond acceptors (Lipinski definition) is 3. The lowest BCUT2D eigenvalue weighted by molar-refractivity contribution is 0.809. The summed E-state index contributed by atoms with van der Waals surface area (Å²) in [5, 5.41) is 3.16. The van der Waals surface area contributed by atoms with Gasteiger partial charge in [-0.15, -0.1) is 0 Å².